The Hall–Kier alpha value is -1.55. The van der Waals surface area contributed by atoms with Crippen molar-refractivity contribution in [2.75, 3.05) is 13.7 Å². The lowest BCUT2D eigenvalue weighted by Gasteiger charge is -2.30. The number of hydrogen-bond acceptors (Lipinski definition) is 2. The average molecular weight is 324 g/mol. The first-order valence-corrected chi connectivity index (χ1v) is 6.76. The Morgan fingerprint density at radius 1 is 1.37 bits per heavy atom. The van der Waals surface area contributed by atoms with Crippen molar-refractivity contribution >= 4 is 21.6 Å². The molecule has 0 N–H and O–H groups in total. The van der Waals surface area contributed by atoms with Crippen LogP contribution in [-0.4, -0.2) is 18.6 Å². The average Bonchev–Trinajstić information content (AvgIpc) is 2.42. The third-order valence-corrected chi connectivity index (χ3v) is 3.77. The van der Waals surface area contributed by atoms with E-state index >= 15 is 0 Å². The Morgan fingerprint density at radius 2 is 2.11 bits per heavy atom. The Labute approximate surface area is 121 Å². The molecule has 1 aliphatic heterocycles. The van der Waals surface area contributed by atoms with Gasteiger partial charge in [-0.25, -0.2) is 4.39 Å². The van der Waals surface area contributed by atoms with Crippen molar-refractivity contribution in [3.8, 4) is 5.75 Å². The maximum absolute atomic E-state index is 14.1. The van der Waals surface area contributed by atoms with Crippen LogP contribution in [0.15, 0.2) is 47.1 Å². The van der Waals surface area contributed by atoms with Crippen molar-refractivity contribution in [3.63, 3.8) is 0 Å². The van der Waals surface area contributed by atoms with Crippen molar-refractivity contribution in [2.45, 2.75) is 6.92 Å². The van der Waals surface area contributed by atoms with Crippen LogP contribution in [0.1, 0.15) is 12.5 Å². The number of likely N-dealkylation sites (N-methyl/N-ethyl adjacent to an activating group) is 1. The zero-order valence-electron chi connectivity index (χ0n) is 10.9. The van der Waals surface area contributed by atoms with Gasteiger partial charge >= 0.3 is 0 Å². The van der Waals surface area contributed by atoms with Gasteiger partial charge < -0.3 is 9.64 Å². The molecule has 1 aromatic rings. The van der Waals surface area contributed by atoms with Crippen LogP contribution in [0.2, 0.25) is 0 Å². The summed E-state index contributed by atoms with van der Waals surface area (Å²) in [5, 5.41) is 0. The molecule has 1 aromatic carbocycles. The lowest BCUT2D eigenvalue weighted by molar-refractivity contribution is 0.411. The van der Waals surface area contributed by atoms with E-state index in [9.17, 15) is 4.39 Å². The molecule has 2 rings (SSSR count). The molecule has 0 aliphatic carbocycles. The van der Waals surface area contributed by atoms with Gasteiger partial charge in [-0.05, 0) is 47.1 Å². The number of allylic oxidation sites excluding steroid dienone is 3. The third-order valence-electron chi connectivity index (χ3n) is 3.05. The first-order valence-electron chi connectivity index (χ1n) is 5.96. The van der Waals surface area contributed by atoms with Gasteiger partial charge in [0.25, 0.3) is 0 Å². The van der Waals surface area contributed by atoms with E-state index in [4.69, 9.17) is 4.74 Å². The molecular weight excluding hydrogens is 309 g/mol. The Morgan fingerprint density at radius 3 is 2.68 bits per heavy atom. The minimum Gasteiger partial charge on any atom is -0.497 e. The zero-order chi connectivity index (χ0) is 14.0. The molecule has 100 valence electrons. The van der Waals surface area contributed by atoms with Crippen LogP contribution < -0.4 is 4.74 Å². The highest BCUT2D eigenvalue weighted by atomic mass is 79.9. The largest absolute Gasteiger partial charge is 0.497 e. The highest BCUT2D eigenvalue weighted by Gasteiger charge is 2.20. The number of nitrogens with zero attached hydrogens (tertiary/aromatic N) is 1. The molecule has 0 amide bonds. The quantitative estimate of drug-likeness (QED) is 0.822. The predicted molar refractivity (Wildman–Crippen MR) is 79.5 cm³/mol. The summed E-state index contributed by atoms with van der Waals surface area (Å²) in [7, 11) is 1.52. The van der Waals surface area contributed by atoms with Gasteiger partial charge in [-0.15, -0.1) is 0 Å². The minimum absolute atomic E-state index is 0.303. The van der Waals surface area contributed by atoms with Crippen LogP contribution in [0.5, 0.6) is 5.75 Å². The Kier molecular flexibility index (Phi) is 4.10. The summed E-state index contributed by atoms with van der Waals surface area (Å²) in [6.07, 6.45) is 3.76. The van der Waals surface area contributed by atoms with Crippen LogP contribution in [0, 0.1) is 5.82 Å². The Bertz CT molecular complexity index is 578. The number of halogens is 2. The van der Waals surface area contributed by atoms with E-state index in [1.54, 1.807) is 12.1 Å². The molecule has 0 fully saturated rings. The summed E-state index contributed by atoms with van der Waals surface area (Å²) in [5.74, 6) is 0.208. The first-order chi connectivity index (χ1) is 9.08. The molecule has 0 spiro atoms. The van der Waals surface area contributed by atoms with E-state index in [0.29, 0.717) is 11.3 Å². The molecule has 0 atom stereocenters. The molecule has 4 heteroatoms. The van der Waals surface area contributed by atoms with Gasteiger partial charge in [0.05, 0.1) is 12.8 Å². The lowest BCUT2D eigenvalue weighted by atomic mass is 10.1. The van der Waals surface area contributed by atoms with E-state index in [1.165, 1.54) is 13.2 Å². The van der Waals surface area contributed by atoms with Gasteiger partial charge in [-0.2, -0.15) is 0 Å². The van der Waals surface area contributed by atoms with Gasteiger partial charge in [-0.3, -0.25) is 0 Å². The fraction of sp³-hybridized carbons (Fsp3) is 0.200. The van der Waals surface area contributed by atoms with Crippen molar-refractivity contribution < 1.29 is 9.13 Å². The second-order valence-corrected chi connectivity index (χ2v) is 4.96. The number of ether oxygens (including phenoxy) is 1. The van der Waals surface area contributed by atoms with Crippen molar-refractivity contribution in [3.05, 3.63) is 58.5 Å². The second-order valence-electron chi connectivity index (χ2n) is 4.10. The fourth-order valence-corrected chi connectivity index (χ4v) is 2.39. The summed E-state index contributed by atoms with van der Waals surface area (Å²) < 4.78 is 20.1. The summed E-state index contributed by atoms with van der Waals surface area (Å²) in [4.78, 5) is 1.97. The molecule has 0 aromatic heterocycles. The van der Waals surface area contributed by atoms with Crippen molar-refractivity contribution in [2.24, 2.45) is 0 Å². The first kappa shape index (κ1) is 13.9. The molecule has 0 bridgehead atoms. The number of hydrogen-bond donors (Lipinski definition) is 0. The Balaban J connectivity index is 2.48. The number of rotatable bonds is 3. The minimum atomic E-state index is -0.303. The molecule has 2 nitrogen and oxygen atoms in total. The van der Waals surface area contributed by atoms with E-state index in [0.717, 1.165) is 22.4 Å². The van der Waals surface area contributed by atoms with Crippen LogP contribution in [0.3, 0.4) is 0 Å². The van der Waals surface area contributed by atoms with Crippen LogP contribution in [-0.2, 0) is 0 Å². The summed E-state index contributed by atoms with van der Waals surface area (Å²) >= 11 is 3.44. The summed E-state index contributed by atoms with van der Waals surface area (Å²) in [5.41, 5.74) is 2.17. The molecule has 1 aliphatic rings. The van der Waals surface area contributed by atoms with Crippen LogP contribution in [0.4, 0.5) is 4.39 Å². The smallest absolute Gasteiger partial charge is 0.136 e. The maximum Gasteiger partial charge on any atom is 0.136 e. The molecular formula is C15H15BrFNO. The molecule has 1 heterocycles. The lowest BCUT2D eigenvalue weighted by Crippen LogP contribution is -2.23. The predicted octanol–water partition coefficient (Wildman–Crippen LogP) is 4.30. The highest BCUT2D eigenvalue weighted by molar-refractivity contribution is 9.12. The van der Waals surface area contributed by atoms with E-state index in [-0.39, 0.29) is 5.82 Å². The van der Waals surface area contributed by atoms with E-state index in [2.05, 4.69) is 22.5 Å². The summed E-state index contributed by atoms with van der Waals surface area (Å²) in [6, 6.07) is 4.87. The van der Waals surface area contributed by atoms with Crippen molar-refractivity contribution in [1.29, 1.82) is 0 Å². The summed E-state index contributed by atoms with van der Waals surface area (Å²) in [6.45, 7) is 6.74. The van der Waals surface area contributed by atoms with Crippen LogP contribution >= 0.6 is 15.9 Å². The fourth-order valence-electron chi connectivity index (χ4n) is 2.04. The van der Waals surface area contributed by atoms with Gasteiger partial charge in [0, 0.05) is 28.4 Å². The normalized spacial score (nSPS) is 15.2. The van der Waals surface area contributed by atoms with E-state index < -0.39 is 0 Å². The number of methoxy groups -OCH3 is 1. The number of benzene rings is 1. The molecule has 0 saturated heterocycles. The highest BCUT2D eigenvalue weighted by Crippen LogP contribution is 2.34. The van der Waals surface area contributed by atoms with Gasteiger partial charge in [0.15, 0.2) is 0 Å². The third kappa shape index (κ3) is 2.59. The topological polar surface area (TPSA) is 12.5 Å². The second kappa shape index (κ2) is 5.61. The molecule has 0 saturated carbocycles. The van der Waals surface area contributed by atoms with Crippen LogP contribution in [0.25, 0.3) is 5.70 Å². The van der Waals surface area contributed by atoms with Crippen molar-refractivity contribution in [1.82, 2.24) is 4.90 Å². The van der Waals surface area contributed by atoms with Gasteiger partial charge in [0.1, 0.15) is 11.6 Å². The van der Waals surface area contributed by atoms with Gasteiger partial charge in [0.2, 0.25) is 0 Å². The van der Waals surface area contributed by atoms with Gasteiger partial charge in [-0.1, -0.05) is 6.58 Å². The molecule has 0 radical (unpaired) electrons. The maximum atomic E-state index is 14.1. The standard InChI is InChI=1S/C15H15BrFNO/c1-4-18-10(2)13(16)7-8-15(18)12-6-5-11(19-3)9-14(12)17/h5-9H,2,4H2,1,3H3. The molecule has 0 unspecified atom stereocenters. The van der Waals surface area contributed by atoms with E-state index in [1.807, 2.05) is 24.0 Å². The zero-order valence-corrected chi connectivity index (χ0v) is 12.5. The monoisotopic (exact) mass is 323 g/mol. The molecule has 19 heavy (non-hydrogen) atoms. The SMILES string of the molecule is C=C1C(Br)=CC=C(c2ccc(OC)cc2F)N1CC.